The first-order valence-corrected chi connectivity index (χ1v) is 7.77. The molecule has 24 heavy (non-hydrogen) atoms. The van der Waals surface area contributed by atoms with Crippen LogP contribution in [0.3, 0.4) is 0 Å². The minimum Gasteiger partial charge on any atom is -0.465 e. The zero-order valence-electron chi connectivity index (χ0n) is 14.4. The van der Waals surface area contributed by atoms with Gasteiger partial charge in [-0.15, -0.1) is 0 Å². The van der Waals surface area contributed by atoms with Crippen LogP contribution in [0.4, 0.5) is 11.4 Å². The molecule has 1 N–H and O–H groups in total. The lowest BCUT2D eigenvalue weighted by atomic mass is 10.1. The van der Waals surface area contributed by atoms with Crippen molar-refractivity contribution in [2.45, 2.75) is 26.0 Å². The summed E-state index contributed by atoms with van der Waals surface area (Å²) < 4.78 is 10.4. The lowest BCUT2D eigenvalue weighted by Gasteiger charge is -2.34. The zero-order chi connectivity index (χ0) is 17.9. The second-order valence-electron chi connectivity index (χ2n) is 6.04. The van der Waals surface area contributed by atoms with E-state index >= 15 is 0 Å². The summed E-state index contributed by atoms with van der Waals surface area (Å²) in [7, 11) is 3.24. The minimum absolute atomic E-state index is 0.000764. The van der Waals surface area contributed by atoms with Gasteiger partial charge in [-0.05, 0) is 33.0 Å². The Morgan fingerprint density at radius 2 is 2.25 bits per heavy atom. The van der Waals surface area contributed by atoms with Crippen molar-refractivity contribution in [2.24, 2.45) is 0 Å². The van der Waals surface area contributed by atoms with Gasteiger partial charge in [-0.1, -0.05) is 0 Å². The first kappa shape index (κ1) is 18.2. The monoisotopic (exact) mass is 337 g/mol. The fourth-order valence-corrected chi connectivity index (χ4v) is 2.84. The Labute approximate surface area is 140 Å². The minimum atomic E-state index is -0.727. The number of carbonyl (C=O) groups is 1. The average Bonchev–Trinajstić information content (AvgIpc) is 2.53. The van der Waals surface area contributed by atoms with E-state index in [1.165, 1.54) is 13.2 Å². The number of nitro benzene ring substituents is 1. The van der Waals surface area contributed by atoms with Crippen molar-refractivity contribution in [3.05, 3.63) is 33.4 Å². The first-order chi connectivity index (χ1) is 11.3. The summed E-state index contributed by atoms with van der Waals surface area (Å²) in [5.74, 6) is -0.727. The van der Waals surface area contributed by atoms with Crippen LogP contribution in [0.5, 0.6) is 0 Å². The number of carbonyl (C=O) groups excluding carboxylic acids is 1. The molecule has 1 aromatic carbocycles. The Kier molecular flexibility index (Phi) is 5.74. The van der Waals surface area contributed by atoms with Crippen LogP contribution in [0, 0.1) is 17.0 Å². The number of morpholine rings is 1. The van der Waals surface area contributed by atoms with Crippen LogP contribution >= 0.6 is 0 Å². The molecule has 1 aromatic rings. The molecule has 0 aliphatic carbocycles. The number of anilines is 1. The van der Waals surface area contributed by atoms with Crippen molar-refractivity contribution in [1.29, 1.82) is 0 Å². The lowest BCUT2D eigenvalue weighted by molar-refractivity contribution is -0.385. The van der Waals surface area contributed by atoms with Crippen LogP contribution in [0.1, 0.15) is 22.8 Å². The van der Waals surface area contributed by atoms with E-state index in [0.29, 0.717) is 17.9 Å². The van der Waals surface area contributed by atoms with E-state index < -0.39 is 10.9 Å². The maximum atomic E-state index is 11.9. The number of nitro groups is 1. The molecule has 132 valence electrons. The number of hydrogen-bond donors (Lipinski definition) is 1. The van der Waals surface area contributed by atoms with Crippen LogP contribution in [0.2, 0.25) is 0 Å². The molecule has 0 radical (unpaired) electrons. The van der Waals surface area contributed by atoms with Gasteiger partial charge in [0.2, 0.25) is 0 Å². The smallest absolute Gasteiger partial charge is 0.344 e. The molecular weight excluding hydrogens is 314 g/mol. The van der Waals surface area contributed by atoms with E-state index in [-0.39, 0.29) is 23.4 Å². The van der Waals surface area contributed by atoms with Gasteiger partial charge in [-0.25, -0.2) is 4.79 Å². The molecular formula is C16H23N3O5. The Hall–Kier alpha value is -2.19. The fourth-order valence-electron chi connectivity index (χ4n) is 2.84. The molecule has 0 spiro atoms. The summed E-state index contributed by atoms with van der Waals surface area (Å²) in [5.41, 5.74) is 0.745. The van der Waals surface area contributed by atoms with Gasteiger partial charge in [0.05, 0.1) is 30.8 Å². The van der Waals surface area contributed by atoms with Crippen molar-refractivity contribution in [1.82, 2.24) is 4.90 Å². The number of nitrogens with zero attached hydrogens (tertiary/aromatic N) is 2. The van der Waals surface area contributed by atoms with Crippen LogP contribution in [-0.2, 0) is 9.47 Å². The second-order valence-corrected chi connectivity index (χ2v) is 6.04. The normalized spacial score (nSPS) is 19.6. The molecule has 0 amide bonds. The van der Waals surface area contributed by atoms with E-state index in [0.717, 1.165) is 13.1 Å². The third-order valence-corrected chi connectivity index (χ3v) is 4.14. The van der Waals surface area contributed by atoms with Crippen LogP contribution in [0.15, 0.2) is 12.1 Å². The van der Waals surface area contributed by atoms with Crippen LogP contribution < -0.4 is 5.32 Å². The highest BCUT2D eigenvalue weighted by Crippen LogP contribution is 2.29. The van der Waals surface area contributed by atoms with E-state index in [1.54, 1.807) is 13.0 Å². The van der Waals surface area contributed by atoms with Crippen molar-refractivity contribution >= 4 is 17.3 Å². The predicted molar refractivity (Wildman–Crippen MR) is 89.5 cm³/mol. The van der Waals surface area contributed by atoms with Crippen LogP contribution in [0.25, 0.3) is 0 Å². The summed E-state index contributed by atoms with van der Waals surface area (Å²) >= 11 is 0. The van der Waals surface area contributed by atoms with Gasteiger partial charge < -0.3 is 19.7 Å². The molecule has 2 unspecified atom stereocenters. The number of nitrogens with one attached hydrogen (secondary N) is 1. The molecule has 8 heteroatoms. The number of hydrogen-bond acceptors (Lipinski definition) is 7. The van der Waals surface area contributed by atoms with Crippen molar-refractivity contribution in [3.63, 3.8) is 0 Å². The Bertz CT molecular complexity index is 634. The molecule has 0 bridgehead atoms. The van der Waals surface area contributed by atoms with Gasteiger partial charge in [0, 0.05) is 24.3 Å². The molecule has 1 saturated heterocycles. The maximum absolute atomic E-state index is 11.9. The number of ether oxygens (including phenoxy) is 2. The molecule has 1 fully saturated rings. The molecule has 2 atom stereocenters. The summed E-state index contributed by atoms with van der Waals surface area (Å²) in [5, 5.41) is 14.5. The number of methoxy groups -OCH3 is 1. The Morgan fingerprint density at radius 1 is 1.54 bits per heavy atom. The summed E-state index contributed by atoms with van der Waals surface area (Å²) in [4.78, 5) is 24.7. The van der Waals surface area contributed by atoms with Crippen LogP contribution in [-0.4, -0.2) is 61.8 Å². The van der Waals surface area contributed by atoms with E-state index in [4.69, 9.17) is 4.74 Å². The molecule has 8 nitrogen and oxygen atoms in total. The fraction of sp³-hybridized carbons (Fsp3) is 0.562. The summed E-state index contributed by atoms with van der Waals surface area (Å²) in [6, 6.07) is 3.10. The SMILES string of the molecule is COC(=O)c1cc(NC(C)C2CN(C)CCO2)cc(C)c1[N+](=O)[O-]. The highest BCUT2D eigenvalue weighted by molar-refractivity contribution is 5.95. The van der Waals surface area contributed by atoms with Gasteiger partial charge in [-0.2, -0.15) is 0 Å². The molecule has 1 aliphatic rings. The Morgan fingerprint density at radius 3 is 2.83 bits per heavy atom. The summed E-state index contributed by atoms with van der Waals surface area (Å²) in [6.45, 7) is 5.94. The number of likely N-dealkylation sites (N-methyl/N-ethyl adjacent to an activating group) is 1. The quantitative estimate of drug-likeness (QED) is 0.497. The molecule has 1 heterocycles. The van der Waals surface area contributed by atoms with Gasteiger partial charge >= 0.3 is 5.97 Å². The standard InChI is InChI=1S/C16H23N3O5/c1-10-7-12(8-13(16(20)23-4)15(10)19(21)22)17-11(2)14-9-18(3)5-6-24-14/h7-8,11,14,17H,5-6,9H2,1-4H3. The highest BCUT2D eigenvalue weighted by Gasteiger charge is 2.27. The average molecular weight is 337 g/mol. The first-order valence-electron chi connectivity index (χ1n) is 7.77. The topological polar surface area (TPSA) is 93.9 Å². The van der Waals surface area contributed by atoms with Gasteiger partial charge in [-0.3, -0.25) is 10.1 Å². The third kappa shape index (κ3) is 4.01. The van der Waals surface area contributed by atoms with E-state index in [2.05, 4.69) is 15.0 Å². The zero-order valence-corrected chi connectivity index (χ0v) is 14.4. The van der Waals surface area contributed by atoms with Gasteiger partial charge in [0.25, 0.3) is 5.69 Å². The largest absolute Gasteiger partial charge is 0.465 e. The molecule has 2 rings (SSSR count). The van der Waals surface area contributed by atoms with Gasteiger partial charge in [0.15, 0.2) is 0 Å². The number of aryl methyl sites for hydroxylation is 1. The Balaban J connectivity index is 2.25. The molecule has 0 aromatic heterocycles. The number of esters is 1. The number of benzene rings is 1. The maximum Gasteiger partial charge on any atom is 0.344 e. The van der Waals surface area contributed by atoms with E-state index in [9.17, 15) is 14.9 Å². The molecule has 1 aliphatic heterocycles. The lowest BCUT2D eigenvalue weighted by Crippen LogP contribution is -2.47. The summed E-state index contributed by atoms with van der Waals surface area (Å²) in [6.07, 6.45) is 0.000764. The van der Waals surface area contributed by atoms with Crippen molar-refractivity contribution in [3.8, 4) is 0 Å². The van der Waals surface area contributed by atoms with E-state index in [1.807, 2.05) is 14.0 Å². The number of rotatable bonds is 5. The van der Waals surface area contributed by atoms with Gasteiger partial charge in [0.1, 0.15) is 5.56 Å². The highest BCUT2D eigenvalue weighted by atomic mass is 16.6. The molecule has 0 saturated carbocycles. The van der Waals surface area contributed by atoms with Crippen molar-refractivity contribution < 1.29 is 19.2 Å². The predicted octanol–water partition coefficient (Wildman–Crippen LogP) is 1.82. The third-order valence-electron chi connectivity index (χ3n) is 4.14. The second kappa shape index (κ2) is 7.59. The van der Waals surface area contributed by atoms with Crippen molar-refractivity contribution in [2.75, 3.05) is 39.2 Å².